The third-order valence-electron chi connectivity index (χ3n) is 4.83. The zero-order valence-corrected chi connectivity index (χ0v) is 17.8. The van der Waals surface area contributed by atoms with Crippen LogP contribution in [0.4, 0.5) is 0 Å². The predicted molar refractivity (Wildman–Crippen MR) is 117 cm³/mol. The quantitative estimate of drug-likeness (QED) is 0.625. The highest BCUT2D eigenvalue weighted by molar-refractivity contribution is 5.97. The van der Waals surface area contributed by atoms with Gasteiger partial charge in [0.1, 0.15) is 0 Å². The fourth-order valence-electron chi connectivity index (χ4n) is 3.37. The van der Waals surface area contributed by atoms with Gasteiger partial charge >= 0.3 is 0 Å². The second-order valence-electron chi connectivity index (χ2n) is 7.75. The number of hydrogen-bond acceptors (Lipinski definition) is 3. The number of hydrogen-bond donors (Lipinski definition) is 1. The monoisotopic (exact) mass is 391 g/mol. The van der Waals surface area contributed by atoms with Crippen molar-refractivity contribution < 1.29 is 9.53 Å². The van der Waals surface area contributed by atoms with Crippen molar-refractivity contribution in [3.8, 4) is 22.4 Å². The molecule has 3 aromatic rings. The maximum absolute atomic E-state index is 12.9. The number of carbonyl (C=O) groups excluding carboxylic acids is 1. The molecule has 1 aromatic heterocycles. The smallest absolute Gasteiger partial charge is 0.251 e. The largest absolute Gasteiger partial charge is 0.383 e. The molecule has 2 aromatic carbocycles. The molecule has 0 radical (unpaired) electrons. The van der Waals surface area contributed by atoms with Gasteiger partial charge in [-0.05, 0) is 63.1 Å². The Morgan fingerprint density at radius 2 is 1.72 bits per heavy atom. The van der Waals surface area contributed by atoms with Crippen molar-refractivity contribution in [2.75, 3.05) is 13.7 Å². The summed E-state index contributed by atoms with van der Waals surface area (Å²) in [6.07, 6.45) is 1.80. The van der Waals surface area contributed by atoms with Crippen molar-refractivity contribution in [2.45, 2.75) is 39.8 Å². The fourth-order valence-corrected chi connectivity index (χ4v) is 3.37. The van der Waals surface area contributed by atoms with Gasteiger partial charge in [-0.3, -0.25) is 9.48 Å². The van der Waals surface area contributed by atoms with Gasteiger partial charge in [0, 0.05) is 36.5 Å². The average molecular weight is 392 g/mol. The summed E-state index contributed by atoms with van der Waals surface area (Å²) in [7, 11) is 1.63. The first-order valence-corrected chi connectivity index (χ1v) is 9.95. The molecule has 0 saturated heterocycles. The van der Waals surface area contributed by atoms with E-state index in [9.17, 15) is 4.79 Å². The van der Waals surface area contributed by atoms with E-state index < -0.39 is 0 Å². The minimum absolute atomic E-state index is 0.0693. The van der Waals surface area contributed by atoms with E-state index >= 15 is 0 Å². The second kappa shape index (κ2) is 9.05. The number of nitrogens with one attached hydrogen (secondary N) is 1. The number of amides is 1. The molecule has 0 aliphatic heterocycles. The highest BCUT2D eigenvalue weighted by atomic mass is 16.5. The number of rotatable bonds is 7. The standard InChI is InChI=1S/C24H29N3O2/c1-16(2)27-23(10-11-25-27)21-12-20(19-8-6-17(3)7-9-19)13-22(14-21)24(28)26-18(4)15-29-5/h6-14,16,18H,15H2,1-5H3,(H,26,28)/t18-/m0/s1. The Labute approximate surface area is 172 Å². The summed E-state index contributed by atoms with van der Waals surface area (Å²) >= 11 is 0. The van der Waals surface area contributed by atoms with Crippen LogP contribution < -0.4 is 5.32 Å². The number of nitrogens with zero attached hydrogens (tertiary/aromatic N) is 2. The van der Waals surface area contributed by atoms with Crippen molar-refractivity contribution in [1.29, 1.82) is 0 Å². The van der Waals surface area contributed by atoms with Crippen LogP contribution in [-0.2, 0) is 4.74 Å². The highest BCUT2D eigenvalue weighted by Gasteiger charge is 2.16. The van der Waals surface area contributed by atoms with Crippen LogP contribution in [0.3, 0.4) is 0 Å². The fraction of sp³-hybridized carbons (Fsp3) is 0.333. The summed E-state index contributed by atoms with van der Waals surface area (Å²) in [4.78, 5) is 12.9. The third-order valence-corrected chi connectivity index (χ3v) is 4.83. The van der Waals surface area contributed by atoms with Crippen LogP contribution in [0.1, 0.15) is 42.7 Å². The van der Waals surface area contributed by atoms with E-state index in [0.717, 1.165) is 22.4 Å². The van der Waals surface area contributed by atoms with E-state index in [1.165, 1.54) is 5.56 Å². The minimum Gasteiger partial charge on any atom is -0.383 e. The molecule has 0 unspecified atom stereocenters. The summed E-state index contributed by atoms with van der Waals surface area (Å²) in [6.45, 7) is 8.66. The molecule has 3 rings (SSSR count). The zero-order chi connectivity index (χ0) is 21.0. The minimum atomic E-state index is -0.111. The lowest BCUT2D eigenvalue weighted by atomic mass is 9.97. The normalized spacial score (nSPS) is 12.2. The molecule has 29 heavy (non-hydrogen) atoms. The molecule has 0 fully saturated rings. The van der Waals surface area contributed by atoms with Crippen molar-refractivity contribution in [3.63, 3.8) is 0 Å². The second-order valence-corrected chi connectivity index (χ2v) is 7.75. The maximum Gasteiger partial charge on any atom is 0.251 e. The summed E-state index contributed by atoms with van der Waals surface area (Å²) < 4.78 is 7.12. The Morgan fingerprint density at radius 3 is 2.38 bits per heavy atom. The Balaban J connectivity index is 2.08. The van der Waals surface area contributed by atoms with Crippen LogP contribution >= 0.6 is 0 Å². The van der Waals surface area contributed by atoms with Gasteiger partial charge in [0.2, 0.25) is 0 Å². The van der Waals surface area contributed by atoms with Crippen molar-refractivity contribution >= 4 is 5.91 Å². The van der Waals surface area contributed by atoms with Crippen molar-refractivity contribution in [1.82, 2.24) is 15.1 Å². The first-order chi connectivity index (χ1) is 13.9. The molecule has 1 heterocycles. The van der Waals surface area contributed by atoms with E-state index in [1.807, 2.05) is 29.8 Å². The van der Waals surface area contributed by atoms with Gasteiger partial charge < -0.3 is 10.1 Å². The van der Waals surface area contributed by atoms with Gasteiger partial charge in [0.05, 0.1) is 12.3 Å². The molecule has 0 aliphatic rings. The van der Waals surface area contributed by atoms with Crippen LogP contribution in [0.15, 0.2) is 54.7 Å². The molecule has 152 valence electrons. The highest BCUT2D eigenvalue weighted by Crippen LogP contribution is 2.30. The third kappa shape index (κ3) is 4.93. The summed E-state index contributed by atoms with van der Waals surface area (Å²) in [5.74, 6) is -0.111. The SMILES string of the molecule is COC[C@H](C)NC(=O)c1cc(-c2ccc(C)cc2)cc(-c2ccnn2C(C)C)c1. The van der Waals surface area contributed by atoms with Crippen molar-refractivity contribution in [3.05, 3.63) is 65.9 Å². The molecule has 0 bridgehead atoms. The molecule has 1 atom stereocenters. The number of ether oxygens (including phenoxy) is 1. The maximum atomic E-state index is 12.9. The lowest BCUT2D eigenvalue weighted by Gasteiger charge is -2.16. The number of carbonyl (C=O) groups is 1. The number of benzene rings is 2. The molecule has 0 spiro atoms. The molecule has 1 amide bonds. The zero-order valence-electron chi connectivity index (χ0n) is 17.8. The van der Waals surface area contributed by atoms with Gasteiger partial charge in [-0.25, -0.2) is 0 Å². The van der Waals surface area contributed by atoms with E-state index in [-0.39, 0.29) is 18.0 Å². The molecular weight excluding hydrogens is 362 g/mol. The van der Waals surface area contributed by atoms with E-state index in [4.69, 9.17) is 4.74 Å². The molecule has 5 heteroatoms. The lowest BCUT2D eigenvalue weighted by Crippen LogP contribution is -2.35. The number of aromatic nitrogens is 2. The molecular formula is C24H29N3O2. The molecule has 5 nitrogen and oxygen atoms in total. The number of aryl methyl sites for hydroxylation is 1. The van der Waals surface area contributed by atoms with Crippen LogP contribution in [0.25, 0.3) is 22.4 Å². The van der Waals surface area contributed by atoms with Gasteiger partial charge in [-0.2, -0.15) is 5.10 Å². The first kappa shape index (κ1) is 20.8. The molecule has 1 N–H and O–H groups in total. The van der Waals surface area contributed by atoms with Crippen LogP contribution in [-0.4, -0.2) is 35.4 Å². The predicted octanol–water partition coefficient (Wildman–Crippen LogP) is 4.87. The Kier molecular flexibility index (Phi) is 6.49. The Hall–Kier alpha value is -2.92. The van der Waals surface area contributed by atoms with Gasteiger partial charge in [0.25, 0.3) is 5.91 Å². The van der Waals surface area contributed by atoms with Crippen molar-refractivity contribution in [2.24, 2.45) is 0 Å². The summed E-state index contributed by atoms with van der Waals surface area (Å²) in [5.41, 5.74) is 5.87. The van der Waals surface area contributed by atoms with Gasteiger partial charge in [-0.1, -0.05) is 29.8 Å². The van der Waals surface area contributed by atoms with Gasteiger partial charge in [0.15, 0.2) is 0 Å². The Morgan fingerprint density at radius 1 is 1.03 bits per heavy atom. The van der Waals surface area contributed by atoms with Crippen LogP contribution in [0.2, 0.25) is 0 Å². The van der Waals surface area contributed by atoms with Gasteiger partial charge in [-0.15, -0.1) is 0 Å². The van der Waals surface area contributed by atoms with E-state index in [0.29, 0.717) is 12.2 Å². The van der Waals surface area contributed by atoms with E-state index in [2.05, 4.69) is 61.5 Å². The first-order valence-electron chi connectivity index (χ1n) is 9.95. The molecule has 0 saturated carbocycles. The number of methoxy groups -OCH3 is 1. The summed E-state index contributed by atoms with van der Waals surface area (Å²) in [6, 6.07) is 16.5. The summed E-state index contributed by atoms with van der Waals surface area (Å²) in [5, 5.41) is 7.46. The van der Waals surface area contributed by atoms with Crippen LogP contribution in [0, 0.1) is 6.92 Å². The average Bonchev–Trinajstić information content (AvgIpc) is 3.18. The van der Waals surface area contributed by atoms with Crippen LogP contribution in [0.5, 0.6) is 0 Å². The topological polar surface area (TPSA) is 56.1 Å². The lowest BCUT2D eigenvalue weighted by molar-refractivity contribution is 0.0905. The Bertz CT molecular complexity index is 974. The van der Waals surface area contributed by atoms with E-state index in [1.54, 1.807) is 13.3 Å². The molecule has 0 aliphatic carbocycles.